The van der Waals surface area contributed by atoms with E-state index < -0.39 is 29.7 Å². The van der Waals surface area contributed by atoms with Crippen molar-refractivity contribution in [1.82, 2.24) is 15.5 Å². The van der Waals surface area contributed by atoms with Crippen molar-refractivity contribution in [3.05, 3.63) is 35.4 Å². The van der Waals surface area contributed by atoms with Gasteiger partial charge in [-0.15, -0.1) is 0 Å². The van der Waals surface area contributed by atoms with Crippen LogP contribution in [0.3, 0.4) is 0 Å². The van der Waals surface area contributed by atoms with E-state index in [1.165, 1.54) is 16.7 Å². The molecule has 0 aliphatic rings. The first-order valence-electron chi connectivity index (χ1n) is 10.9. The Morgan fingerprint density at radius 3 is 2.39 bits per heavy atom. The number of hydrogen-bond donors (Lipinski definition) is 2. The number of nitrogens with one attached hydrogen (secondary N) is 2. The lowest BCUT2D eigenvalue weighted by atomic mass is 10.0. The number of rotatable bonds is 10. The molecule has 2 unspecified atom stereocenters. The average Bonchev–Trinajstić information content (AvgIpc) is 2.68. The third kappa shape index (κ3) is 9.74. The van der Waals surface area contributed by atoms with Crippen molar-refractivity contribution in [3.63, 3.8) is 0 Å². The van der Waals surface area contributed by atoms with Gasteiger partial charge in [0.05, 0.1) is 6.07 Å². The van der Waals surface area contributed by atoms with Crippen LogP contribution in [0.15, 0.2) is 24.3 Å². The molecule has 0 spiro atoms. The van der Waals surface area contributed by atoms with E-state index in [-0.39, 0.29) is 18.5 Å². The Morgan fingerprint density at radius 1 is 1.21 bits per heavy atom. The molecule has 0 radical (unpaired) electrons. The fraction of sp³-hybridized carbons (Fsp3) is 0.583. The minimum absolute atomic E-state index is 0.156. The molecule has 0 fully saturated rings. The van der Waals surface area contributed by atoms with Crippen molar-refractivity contribution < 1.29 is 19.1 Å². The standard InChI is InChI=1S/C24H36N4O4S/c1-16(2)26-21(29)20(18-10-8-9-17(3)15-18)28(13-12-25)22(30)19(11-14-33-7)27-23(31)32-24(4,5)6/h8-10,15-16,19-20H,11,13-14H2,1-7H3,(H,26,29)(H,27,31). The summed E-state index contributed by atoms with van der Waals surface area (Å²) in [5.74, 6) is -0.304. The van der Waals surface area contributed by atoms with Gasteiger partial charge in [0.1, 0.15) is 24.2 Å². The van der Waals surface area contributed by atoms with E-state index in [0.29, 0.717) is 17.7 Å². The van der Waals surface area contributed by atoms with Crippen LogP contribution in [-0.4, -0.2) is 59.0 Å². The highest BCUT2D eigenvalue weighted by atomic mass is 32.2. The first kappa shape index (κ1) is 28.3. The first-order valence-corrected chi connectivity index (χ1v) is 12.3. The Morgan fingerprint density at radius 2 is 1.88 bits per heavy atom. The van der Waals surface area contributed by atoms with E-state index in [2.05, 4.69) is 10.6 Å². The van der Waals surface area contributed by atoms with Crippen LogP contribution in [0.2, 0.25) is 0 Å². The number of amides is 3. The van der Waals surface area contributed by atoms with E-state index >= 15 is 0 Å². The van der Waals surface area contributed by atoms with Gasteiger partial charge in [-0.3, -0.25) is 9.59 Å². The molecule has 1 aromatic rings. The van der Waals surface area contributed by atoms with Gasteiger partial charge in [0.2, 0.25) is 11.8 Å². The molecule has 9 heteroatoms. The van der Waals surface area contributed by atoms with Gasteiger partial charge >= 0.3 is 6.09 Å². The molecular formula is C24H36N4O4S. The second-order valence-corrected chi connectivity index (χ2v) is 10.1. The van der Waals surface area contributed by atoms with E-state index in [4.69, 9.17) is 4.74 Å². The predicted octanol–water partition coefficient (Wildman–Crippen LogP) is 3.56. The maximum atomic E-state index is 13.6. The van der Waals surface area contributed by atoms with E-state index in [0.717, 1.165) is 5.56 Å². The Hall–Kier alpha value is -2.73. The number of benzene rings is 1. The summed E-state index contributed by atoms with van der Waals surface area (Å²) < 4.78 is 5.33. The zero-order chi connectivity index (χ0) is 25.2. The first-order chi connectivity index (χ1) is 15.4. The quantitative estimate of drug-likeness (QED) is 0.500. The van der Waals surface area contributed by atoms with Gasteiger partial charge in [-0.05, 0) is 65.5 Å². The van der Waals surface area contributed by atoms with Crippen LogP contribution in [0.1, 0.15) is 58.2 Å². The molecule has 0 saturated heterocycles. The fourth-order valence-electron chi connectivity index (χ4n) is 3.19. The lowest BCUT2D eigenvalue weighted by Gasteiger charge is -2.33. The average molecular weight is 477 g/mol. The van der Waals surface area contributed by atoms with Crippen molar-refractivity contribution in [1.29, 1.82) is 5.26 Å². The van der Waals surface area contributed by atoms with Gasteiger partial charge < -0.3 is 20.3 Å². The number of aryl methyl sites for hydroxylation is 1. The molecule has 1 rings (SSSR count). The van der Waals surface area contributed by atoms with Crippen LogP contribution >= 0.6 is 11.8 Å². The van der Waals surface area contributed by atoms with Crippen molar-refractivity contribution in [3.8, 4) is 6.07 Å². The topological polar surface area (TPSA) is 112 Å². The number of ether oxygens (including phenoxy) is 1. The molecule has 2 atom stereocenters. The van der Waals surface area contributed by atoms with Gasteiger partial charge in [-0.25, -0.2) is 4.79 Å². The third-order valence-corrected chi connectivity index (χ3v) is 5.12. The molecule has 33 heavy (non-hydrogen) atoms. The number of nitrogens with zero attached hydrogens (tertiary/aromatic N) is 2. The number of alkyl carbamates (subject to hydrolysis) is 1. The second kappa shape index (κ2) is 13.1. The maximum absolute atomic E-state index is 13.6. The number of nitriles is 1. The smallest absolute Gasteiger partial charge is 0.408 e. The van der Waals surface area contributed by atoms with Gasteiger partial charge in [0.15, 0.2) is 0 Å². The molecule has 182 valence electrons. The number of thioether (sulfide) groups is 1. The Labute approximate surface area is 201 Å². The molecular weight excluding hydrogens is 440 g/mol. The summed E-state index contributed by atoms with van der Waals surface area (Å²) in [6.45, 7) is 10.4. The Bertz CT molecular complexity index is 861. The van der Waals surface area contributed by atoms with E-state index in [1.807, 2.05) is 45.2 Å². The molecule has 8 nitrogen and oxygen atoms in total. The SMILES string of the molecule is CSCCC(NC(=O)OC(C)(C)C)C(=O)N(CC#N)C(C(=O)NC(C)C)c1cccc(C)c1. The van der Waals surface area contributed by atoms with Crippen molar-refractivity contribution in [2.24, 2.45) is 0 Å². The number of hydrogen-bond acceptors (Lipinski definition) is 6. The van der Waals surface area contributed by atoms with Crippen LogP contribution in [0, 0.1) is 18.3 Å². The monoisotopic (exact) mass is 476 g/mol. The third-order valence-electron chi connectivity index (χ3n) is 4.47. The van der Waals surface area contributed by atoms with Crippen LogP contribution in [0.25, 0.3) is 0 Å². The second-order valence-electron chi connectivity index (χ2n) is 9.08. The van der Waals surface area contributed by atoms with Crippen molar-refractivity contribution >= 4 is 29.7 Å². The molecule has 0 aliphatic heterocycles. The van der Waals surface area contributed by atoms with Crippen LogP contribution in [-0.2, 0) is 14.3 Å². The molecule has 0 aromatic heterocycles. The van der Waals surface area contributed by atoms with Crippen LogP contribution < -0.4 is 10.6 Å². The maximum Gasteiger partial charge on any atom is 0.408 e. The highest BCUT2D eigenvalue weighted by Gasteiger charge is 2.36. The zero-order valence-corrected chi connectivity index (χ0v) is 21.4. The minimum atomic E-state index is -1.02. The minimum Gasteiger partial charge on any atom is -0.444 e. The molecule has 3 amide bonds. The lowest BCUT2D eigenvalue weighted by molar-refractivity contribution is -0.142. The Kier molecular flexibility index (Phi) is 11.2. The summed E-state index contributed by atoms with van der Waals surface area (Å²) >= 11 is 1.53. The molecule has 1 aromatic carbocycles. The van der Waals surface area contributed by atoms with Crippen molar-refractivity contribution in [2.75, 3.05) is 18.6 Å². The summed E-state index contributed by atoms with van der Waals surface area (Å²) in [6, 6.07) is 7.16. The normalized spacial score (nSPS) is 12.9. The molecule has 0 saturated carbocycles. The van der Waals surface area contributed by atoms with Crippen molar-refractivity contribution in [2.45, 2.75) is 71.7 Å². The van der Waals surface area contributed by atoms with Crippen LogP contribution in [0.5, 0.6) is 0 Å². The van der Waals surface area contributed by atoms with Crippen LogP contribution in [0.4, 0.5) is 4.79 Å². The summed E-state index contributed by atoms with van der Waals surface area (Å²) in [7, 11) is 0. The molecule has 2 N–H and O–H groups in total. The highest BCUT2D eigenvalue weighted by Crippen LogP contribution is 2.24. The summed E-state index contributed by atoms with van der Waals surface area (Å²) in [4.78, 5) is 40.5. The zero-order valence-electron chi connectivity index (χ0n) is 20.6. The summed E-state index contributed by atoms with van der Waals surface area (Å²) in [6.07, 6.45) is 1.50. The fourth-order valence-corrected chi connectivity index (χ4v) is 3.66. The molecule has 0 heterocycles. The number of carbonyl (C=O) groups excluding carboxylic acids is 3. The lowest BCUT2D eigenvalue weighted by Crippen LogP contribution is -2.53. The molecule has 0 aliphatic carbocycles. The number of carbonyl (C=O) groups is 3. The predicted molar refractivity (Wildman–Crippen MR) is 131 cm³/mol. The molecule has 0 bridgehead atoms. The Balaban J connectivity index is 3.39. The summed E-state index contributed by atoms with van der Waals surface area (Å²) in [5, 5.41) is 15.0. The van der Waals surface area contributed by atoms with E-state index in [1.54, 1.807) is 32.9 Å². The summed E-state index contributed by atoms with van der Waals surface area (Å²) in [5.41, 5.74) is 0.785. The van der Waals surface area contributed by atoms with Gasteiger partial charge in [0.25, 0.3) is 0 Å². The van der Waals surface area contributed by atoms with Gasteiger partial charge in [0, 0.05) is 6.04 Å². The largest absolute Gasteiger partial charge is 0.444 e. The van der Waals surface area contributed by atoms with E-state index in [9.17, 15) is 19.6 Å². The van der Waals surface area contributed by atoms with Gasteiger partial charge in [-0.1, -0.05) is 29.8 Å². The van der Waals surface area contributed by atoms with Gasteiger partial charge in [-0.2, -0.15) is 17.0 Å². The highest BCUT2D eigenvalue weighted by molar-refractivity contribution is 7.98.